The van der Waals surface area contributed by atoms with E-state index < -0.39 is 0 Å². The van der Waals surface area contributed by atoms with Crippen LogP contribution >= 0.6 is 11.6 Å². The molecule has 2 aromatic rings. The minimum Gasteiger partial charge on any atom is -0.477 e. The van der Waals surface area contributed by atoms with Gasteiger partial charge in [0.2, 0.25) is 11.8 Å². The molecule has 0 aromatic carbocycles. The Morgan fingerprint density at radius 3 is 3.00 bits per heavy atom. The molecule has 2 aromatic heterocycles. The zero-order valence-electron chi connectivity index (χ0n) is 14.0. The van der Waals surface area contributed by atoms with E-state index in [9.17, 15) is 0 Å². The van der Waals surface area contributed by atoms with Crippen molar-refractivity contribution >= 4 is 17.5 Å². The van der Waals surface area contributed by atoms with Gasteiger partial charge in [0.1, 0.15) is 10.8 Å². The number of hydrogen-bond donors (Lipinski definition) is 1. The van der Waals surface area contributed by atoms with Crippen LogP contribution in [0.4, 0.5) is 5.95 Å². The number of aromatic nitrogens is 5. The van der Waals surface area contributed by atoms with Crippen molar-refractivity contribution in [2.45, 2.75) is 32.3 Å². The van der Waals surface area contributed by atoms with Gasteiger partial charge in [-0.15, -0.1) is 0 Å². The number of H-pyrrole nitrogens is 1. The van der Waals surface area contributed by atoms with Gasteiger partial charge in [0.05, 0.1) is 24.8 Å². The fourth-order valence-electron chi connectivity index (χ4n) is 2.77. The highest BCUT2D eigenvalue weighted by molar-refractivity contribution is 6.31. The Kier molecular flexibility index (Phi) is 5.15. The normalized spacial score (nSPS) is 20.3. The maximum atomic E-state index is 6.04. The molecule has 130 valence electrons. The molecule has 0 spiro atoms. The highest BCUT2D eigenvalue weighted by atomic mass is 35.5. The summed E-state index contributed by atoms with van der Waals surface area (Å²) in [5.41, 5.74) is 0. The predicted molar refractivity (Wildman–Crippen MR) is 89.7 cm³/mol. The van der Waals surface area contributed by atoms with Crippen molar-refractivity contribution in [2.24, 2.45) is 0 Å². The van der Waals surface area contributed by atoms with Crippen LogP contribution in [0.25, 0.3) is 0 Å². The summed E-state index contributed by atoms with van der Waals surface area (Å²) >= 11 is 6.04. The van der Waals surface area contributed by atoms with Gasteiger partial charge in [0.15, 0.2) is 5.82 Å². The number of nitrogens with zero attached hydrogens (tertiary/aromatic N) is 5. The van der Waals surface area contributed by atoms with Crippen molar-refractivity contribution in [3.8, 4) is 5.88 Å². The van der Waals surface area contributed by atoms with Crippen LogP contribution in [-0.4, -0.2) is 58.1 Å². The molecule has 1 saturated heterocycles. The first-order chi connectivity index (χ1) is 11.6. The van der Waals surface area contributed by atoms with E-state index in [1.54, 1.807) is 6.20 Å². The number of aryl methyl sites for hydroxylation is 1. The zero-order chi connectivity index (χ0) is 17.1. The number of aromatic amines is 1. The predicted octanol–water partition coefficient (Wildman–Crippen LogP) is 1.96. The SMILES string of the molecule is CCOc1nc(N(C)C[C@H]2OCC[C@H]2c2n[nH]c(C)n2)ncc1Cl. The number of hydrogen-bond acceptors (Lipinski definition) is 7. The van der Waals surface area contributed by atoms with Crippen molar-refractivity contribution in [2.75, 3.05) is 31.7 Å². The van der Waals surface area contributed by atoms with Crippen LogP contribution in [0, 0.1) is 6.92 Å². The Bertz CT molecular complexity index is 694. The molecule has 3 heterocycles. The fraction of sp³-hybridized carbons (Fsp3) is 0.600. The van der Waals surface area contributed by atoms with E-state index in [0.717, 1.165) is 18.1 Å². The second-order valence-electron chi connectivity index (χ2n) is 5.72. The van der Waals surface area contributed by atoms with Gasteiger partial charge in [0.25, 0.3) is 0 Å². The molecule has 1 fully saturated rings. The molecule has 0 bridgehead atoms. The molecule has 9 heteroatoms. The van der Waals surface area contributed by atoms with E-state index in [0.29, 0.717) is 36.6 Å². The fourth-order valence-corrected chi connectivity index (χ4v) is 2.91. The summed E-state index contributed by atoms with van der Waals surface area (Å²) in [4.78, 5) is 15.0. The molecule has 3 rings (SSSR count). The molecular formula is C15H21ClN6O2. The van der Waals surface area contributed by atoms with E-state index in [1.807, 2.05) is 25.8 Å². The molecule has 1 aliphatic rings. The van der Waals surface area contributed by atoms with Gasteiger partial charge in [-0.05, 0) is 20.3 Å². The third-order valence-electron chi connectivity index (χ3n) is 3.93. The van der Waals surface area contributed by atoms with Gasteiger partial charge >= 0.3 is 0 Å². The molecule has 0 unspecified atom stereocenters. The standard InChI is InChI=1S/C15H21ClN6O2/c1-4-23-14-11(16)7-17-15(19-14)22(3)8-12-10(5-6-24-12)13-18-9(2)20-21-13/h7,10,12H,4-6,8H2,1-3H3,(H,18,20,21)/t10-,12-/m1/s1. The first kappa shape index (κ1) is 16.9. The number of ether oxygens (including phenoxy) is 2. The van der Waals surface area contributed by atoms with Gasteiger partial charge < -0.3 is 14.4 Å². The number of halogens is 1. The molecule has 1 N–H and O–H groups in total. The lowest BCUT2D eigenvalue weighted by molar-refractivity contribution is 0.108. The van der Waals surface area contributed by atoms with Crippen molar-refractivity contribution in [3.63, 3.8) is 0 Å². The van der Waals surface area contributed by atoms with Crippen molar-refractivity contribution in [1.82, 2.24) is 25.1 Å². The number of likely N-dealkylation sites (N-methyl/N-ethyl adjacent to an activating group) is 1. The average Bonchev–Trinajstić information content (AvgIpc) is 3.18. The number of nitrogens with one attached hydrogen (secondary N) is 1. The van der Waals surface area contributed by atoms with E-state index in [-0.39, 0.29) is 12.0 Å². The van der Waals surface area contributed by atoms with Crippen LogP contribution in [-0.2, 0) is 4.74 Å². The first-order valence-electron chi connectivity index (χ1n) is 7.95. The van der Waals surface area contributed by atoms with Crippen LogP contribution < -0.4 is 9.64 Å². The van der Waals surface area contributed by atoms with Crippen LogP contribution in [0.1, 0.15) is 30.9 Å². The monoisotopic (exact) mass is 352 g/mol. The smallest absolute Gasteiger partial charge is 0.237 e. The molecule has 0 saturated carbocycles. The molecular weight excluding hydrogens is 332 g/mol. The maximum Gasteiger partial charge on any atom is 0.237 e. The van der Waals surface area contributed by atoms with Crippen molar-refractivity contribution in [1.29, 1.82) is 0 Å². The van der Waals surface area contributed by atoms with E-state index in [1.165, 1.54) is 0 Å². The number of anilines is 1. The molecule has 2 atom stereocenters. The summed E-state index contributed by atoms with van der Waals surface area (Å²) < 4.78 is 11.3. The van der Waals surface area contributed by atoms with Crippen LogP contribution in [0.15, 0.2) is 6.20 Å². The van der Waals surface area contributed by atoms with Crippen molar-refractivity contribution < 1.29 is 9.47 Å². The van der Waals surface area contributed by atoms with Gasteiger partial charge in [-0.1, -0.05) is 11.6 Å². The molecule has 1 aliphatic heterocycles. The zero-order valence-corrected chi connectivity index (χ0v) is 14.7. The molecule has 0 aliphatic carbocycles. The van der Waals surface area contributed by atoms with Gasteiger partial charge in [-0.25, -0.2) is 9.97 Å². The Balaban J connectivity index is 1.71. The minimum absolute atomic E-state index is 0.0139. The molecule has 0 radical (unpaired) electrons. The summed E-state index contributed by atoms with van der Waals surface area (Å²) in [6.45, 7) is 5.60. The highest BCUT2D eigenvalue weighted by Crippen LogP contribution is 2.30. The Morgan fingerprint density at radius 2 is 2.29 bits per heavy atom. The topological polar surface area (TPSA) is 89.0 Å². The molecule has 8 nitrogen and oxygen atoms in total. The lowest BCUT2D eigenvalue weighted by Crippen LogP contribution is -2.33. The average molecular weight is 353 g/mol. The highest BCUT2D eigenvalue weighted by Gasteiger charge is 2.33. The third kappa shape index (κ3) is 3.59. The van der Waals surface area contributed by atoms with Crippen LogP contribution in [0.3, 0.4) is 0 Å². The quantitative estimate of drug-likeness (QED) is 0.850. The third-order valence-corrected chi connectivity index (χ3v) is 4.19. The van der Waals surface area contributed by atoms with Crippen LogP contribution in [0.2, 0.25) is 5.02 Å². The Morgan fingerprint density at radius 1 is 1.46 bits per heavy atom. The first-order valence-corrected chi connectivity index (χ1v) is 8.33. The van der Waals surface area contributed by atoms with Gasteiger partial charge in [0, 0.05) is 20.2 Å². The summed E-state index contributed by atoms with van der Waals surface area (Å²) in [7, 11) is 1.92. The summed E-state index contributed by atoms with van der Waals surface area (Å²) in [6.07, 6.45) is 2.44. The Hall–Kier alpha value is -1.93. The summed E-state index contributed by atoms with van der Waals surface area (Å²) in [5.74, 6) is 2.71. The second kappa shape index (κ2) is 7.31. The minimum atomic E-state index is -0.0139. The lowest BCUT2D eigenvalue weighted by atomic mass is 10.0. The lowest BCUT2D eigenvalue weighted by Gasteiger charge is -2.24. The van der Waals surface area contributed by atoms with E-state index in [4.69, 9.17) is 21.1 Å². The van der Waals surface area contributed by atoms with E-state index >= 15 is 0 Å². The molecule has 24 heavy (non-hydrogen) atoms. The maximum absolute atomic E-state index is 6.04. The van der Waals surface area contributed by atoms with Crippen molar-refractivity contribution in [3.05, 3.63) is 22.9 Å². The Labute approximate surface area is 145 Å². The number of rotatable bonds is 6. The van der Waals surface area contributed by atoms with Gasteiger partial charge in [-0.3, -0.25) is 5.10 Å². The van der Waals surface area contributed by atoms with E-state index in [2.05, 4.69) is 25.1 Å². The summed E-state index contributed by atoms with van der Waals surface area (Å²) in [5, 5.41) is 7.57. The van der Waals surface area contributed by atoms with Gasteiger partial charge in [-0.2, -0.15) is 10.1 Å². The van der Waals surface area contributed by atoms with Crippen LogP contribution in [0.5, 0.6) is 5.88 Å². The summed E-state index contributed by atoms with van der Waals surface area (Å²) in [6, 6.07) is 0. The second-order valence-corrected chi connectivity index (χ2v) is 6.13. The largest absolute Gasteiger partial charge is 0.477 e. The molecule has 0 amide bonds.